The third-order valence-corrected chi connectivity index (χ3v) is 2.10. The van der Waals surface area contributed by atoms with Crippen molar-refractivity contribution in [3.05, 3.63) is 12.2 Å². The molecule has 0 N–H and O–H groups in total. The molecule has 1 atom stereocenters. The molecule has 76 valence electrons. The van der Waals surface area contributed by atoms with Crippen molar-refractivity contribution >= 4 is 5.71 Å². The molecular formula is C11H22N2. The summed E-state index contributed by atoms with van der Waals surface area (Å²) in [5.41, 5.74) is 1.07. The first-order chi connectivity index (χ1) is 6.10. The summed E-state index contributed by atoms with van der Waals surface area (Å²) < 4.78 is 0. The zero-order chi connectivity index (χ0) is 10.3. The van der Waals surface area contributed by atoms with Crippen LogP contribution in [-0.4, -0.2) is 24.3 Å². The summed E-state index contributed by atoms with van der Waals surface area (Å²) in [6.07, 6.45) is 5.50. The topological polar surface area (TPSA) is 15.6 Å². The van der Waals surface area contributed by atoms with Gasteiger partial charge in [0.05, 0.1) is 5.71 Å². The monoisotopic (exact) mass is 182 g/mol. The first-order valence-electron chi connectivity index (χ1n) is 5.04. The zero-order valence-electron chi connectivity index (χ0n) is 9.54. The van der Waals surface area contributed by atoms with E-state index in [1.165, 1.54) is 6.42 Å². The highest BCUT2D eigenvalue weighted by molar-refractivity contribution is 5.92. The lowest BCUT2D eigenvalue weighted by atomic mass is 10.1. The predicted molar refractivity (Wildman–Crippen MR) is 60.0 cm³/mol. The number of allylic oxidation sites excluding steroid dienone is 2. The van der Waals surface area contributed by atoms with Crippen molar-refractivity contribution in [2.24, 2.45) is 11.0 Å². The number of rotatable bonds is 5. The number of hydrazone groups is 1. The Morgan fingerprint density at radius 2 is 2.08 bits per heavy atom. The number of hydrogen-bond donors (Lipinski definition) is 0. The highest BCUT2D eigenvalue weighted by Crippen LogP contribution is 2.02. The molecule has 0 rings (SSSR count). The maximum Gasteiger partial charge on any atom is 0.0571 e. The predicted octanol–water partition coefficient (Wildman–Crippen LogP) is 2.92. The first-order valence-corrected chi connectivity index (χ1v) is 5.04. The first kappa shape index (κ1) is 12.2. The Kier molecular flexibility index (Phi) is 6.29. The average molecular weight is 182 g/mol. The maximum atomic E-state index is 4.36. The molecule has 2 heteroatoms. The summed E-state index contributed by atoms with van der Waals surface area (Å²) in [7, 11) is 1.99. The van der Waals surface area contributed by atoms with Crippen LogP contribution in [0.25, 0.3) is 0 Å². The van der Waals surface area contributed by atoms with E-state index in [0.717, 1.165) is 12.3 Å². The van der Waals surface area contributed by atoms with E-state index in [2.05, 4.69) is 38.0 Å². The van der Waals surface area contributed by atoms with Gasteiger partial charge in [0.15, 0.2) is 0 Å². The van der Waals surface area contributed by atoms with E-state index in [-0.39, 0.29) is 0 Å². The lowest BCUT2D eigenvalue weighted by Gasteiger charge is -2.09. The van der Waals surface area contributed by atoms with Crippen molar-refractivity contribution in [2.45, 2.75) is 34.1 Å². The van der Waals surface area contributed by atoms with Gasteiger partial charge >= 0.3 is 0 Å². The van der Waals surface area contributed by atoms with Crippen molar-refractivity contribution in [2.75, 3.05) is 13.6 Å². The van der Waals surface area contributed by atoms with Crippen LogP contribution in [-0.2, 0) is 0 Å². The van der Waals surface area contributed by atoms with Crippen LogP contribution in [0.4, 0.5) is 0 Å². The van der Waals surface area contributed by atoms with Crippen LogP contribution in [0.5, 0.6) is 0 Å². The fourth-order valence-electron chi connectivity index (χ4n) is 0.813. The molecule has 0 spiro atoms. The summed E-state index contributed by atoms with van der Waals surface area (Å²) in [4.78, 5) is 0. The Morgan fingerprint density at radius 1 is 1.46 bits per heavy atom. The summed E-state index contributed by atoms with van der Waals surface area (Å²) in [5.74, 6) is 0.650. The maximum absolute atomic E-state index is 4.36. The molecule has 0 fully saturated rings. The Hall–Kier alpha value is -0.790. The van der Waals surface area contributed by atoms with Crippen LogP contribution in [0, 0.1) is 5.92 Å². The quantitative estimate of drug-likeness (QED) is 0.471. The normalized spacial score (nSPS) is 15.0. The van der Waals surface area contributed by atoms with Gasteiger partial charge in [-0.3, -0.25) is 0 Å². The van der Waals surface area contributed by atoms with Crippen LogP contribution in [0.15, 0.2) is 17.3 Å². The zero-order valence-corrected chi connectivity index (χ0v) is 9.54. The molecule has 0 aliphatic rings. The molecule has 0 bridgehead atoms. The van der Waals surface area contributed by atoms with Gasteiger partial charge in [-0.15, -0.1) is 0 Å². The number of hydrogen-bond acceptors (Lipinski definition) is 2. The fourth-order valence-corrected chi connectivity index (χ4v) is 0.813. The van der Waals surface area contributed by atoms with E-state index in [0.29, 0.717) is 5.92 Å². The molecule has 0 aromatic heterocycles. The second kappa shape index (κ2) is 6.70. The summed E-state index contributed by atoms with van der Waals surface area (Å²) >= 11 is 0. The lowest BCUT2D eigenvalue weighted by Crippen LogP contribution is -2.11. The Balaban J connectivity index is 4.04. The van der Waals surface area contributed by atoms with Crippen LogP contribution >= 0.6 is 0 Å². The average Bonchev–Trinajstić information content (AvgIpc) is 2.13. The molecule has 0 heterocycles. The molecule has 0 saturated carbocycles. The molecule has 0 aromatic carbocycles. The third-order valence-electron chi connectivity index (χ3n) is 2.10. The highest BCUT2D eigenvalue weighted by Gasteiger charge is 1.92. The molecule has 0 aromatic rings. The lowest BCUT2D eigenvalue weighted by molar-refractivity contribution is 0.375. The summed E-state index contributed by atoms with van der Waals surface area (Å²) in [6.45, 7) is 9.49. The van der Waals surface area contributed by atoms with Gasteiger partial charge in [-0.05, 0) is 25.8 Å². The minimum Gasteiger partial charge on any atom is -0.300 e. The highest BCUT2D eigenvalue weighted by atomic mass is 15.4. The van der Waals surface area contributed by atoms with E-state index < -0.39 is 0 Å². The Bertz CT molecular complexity index is 183. The summed E-state index contributed by atoms with van der Waals surface area (Å²) in [6, 6.07) is 0. The van der Waals surface area contributed by atoms with E-state index >= 15 is 0 Å². The van der Waals surface area contributed by atoms with Crippen molar-refractivity contribution in [1.29, 1.82) is 0 Å². The van der Waals surface area contributed by atoms with E-state index in [1.807, 2.05) is 19.0 Å². The number of nitrogens with zero attached hydrogens (tertiary/aromatic N) is 2. The van der Waals surface area contributed by atoms with Gasteiger partial charge in [-0.1, -0.05) is 26.3 Å². The molecule has 0 aliphatic heterocycles. The van der Waals surface area contributed by atoms with Crippen molar-refractivity contribution in [3.63, 3.8) is 0 Å². The van der Waals surface area contributed by atoms with Crippen LogP contribution in [0.2, 0.25) is 0 Å². The molecule has 2 nitrogen and oxygen atoms in total. The van der Waals surface area contributed by atoms with E-state index in [4.69, 9.17) is 0 Å². The van der Waals surface area contributed by atoms with Gasteiger partial charge < -0.3 is 5.01 Å². The molecule has 0 aliphatic carbocycles. The SMILES string of the molecule is CCC(C)C=C/C(C)=N\N(C)CC. The van der Waals surface area contributed by atoms with Crippen LogP contribution in [0.1, 0.15) is 34.1 Å². The van der Waals surface area contributed by atoms with Crippen LogP contribution in [0.3, 0.4) is 0 Å². The van der Waals surface area contributed by atoms with Crippen LogP contribution < -0.4 is 0 Å². The second-order valence-electron chi connectivity index (χ2n) is 3.46. The third kappa shape index (κ3) is 6.38. The van der Waals surface area contributed by atoms with Crippen molar-refractivity contribution < 1.29 is 0 Å². The minimum absolute atomic E-state index is 0.650. The van der Waals surface area contributed by atoms with Gasteiger partial charge in [-0.25, -0.2) is 0 Å². The van der Waals surface area contributed by atoms with Gasteiger partial charge in [-0.2, -0.15) is 5.10 Å². The molecule has 0 radical (unpaired) electrons. The van der Waals surface area contributed by atoms with Crippen molar-refractivity contribution in [3.8, 4) is 0 Å². The van der Waals surface area contributed by atoms with Gasteiger partial charge in [0.2, 0.25) is 0 Å². The fraction of sp³-hybridized carbons (Fsp3) is 0.727. The Morgan fingerprint density at radius 3 is 2.54 bits per heavy atom. The van der Waals surface area contributed by atoms with Gasteiger partial charge in [0.1, 0.15) is 0 Å². The molecule has 0 amide bonds. The minimum atomic E-state index is 0.650. The second-order valence-corrected chi connectivity index (χ2v) is 3.46. The largest absolute Gasteiger partial charge is 0.300 e. The molecule has 13 heavy (non-hydrogen) atoms. The smallest absolute Gasteiger partial charge is 0.0571 e. The summed E-state index contributed by atoms with van der Waals surface area (Å²) in [5, 5.41) is 6.31. The standard InChI is InChI=1S/C11H22N2/c1-6-10(3)8-9-11(4)12-13(5)7-2/h8-10H,6-7H2,1-5H3/b9-8?,12-11-. The van der Waals surface area contributed by atoms with Crippen molar-refractivity contribution in [1.82, 2.24) is 5.01 Å². The molecule has 1 unspecified atom stereocenters. The molecule has 0 saturated heterocycles. The van der Waals surface area contributed by atoms with Gasteiger partial charge in [0, 0.05) is 13.6 Å². The van der Waals surface area contributed by atoms with E-state index in [9.17, 15) is 0 Å². The molecular weight excluding hydrogens is 160 g/mol. The Labute approximate surface area is 82.3 Å². The van der Waals surface area contributed by atoms with E-state index in [1.54, 1.807) is 0 Å². The van der Waals surface area contributed by atoms with Gasteiger partial charge in [0.25, 0.3) is 0 Å².